The molecule has 130 valence electrons. The highest BCUT2D eigenvalue weighted by Crippen LogP contribution is 2.19. The summed E-state index contributed by atoms with van der Waals surface area (Å²) >= 11 is 1.65. The van der Waals surface area contributed by atoms with Gasteiger partial charge in [0.1, 0.15) is 5.82 Å². The molecule has 5 nitrogen and oxygen atoms in total. The number of halogens is 1. The first-order valence-corrected chi connectivity index (χ1v) is 8.76. The lowest BCUT2D eigenvalue weighted by Crippen LogP contribution is -2.26. The van der Waals surface area contributed by atoms with Gasteiger partial charge in [-0.1, -0.05) is 5.16 Å². The van der Waals surface area contributed by atoms with Gasteiger partial charge in [0.15, 0.2) is 0 Å². The number of hydrogen-bond acceptors (Lipinski definition) is 5. The maximum absolute atomic E-state index is 12.9. The van der Waals surface area contributed by atoms with Crippen LogP contribution in [0.25, 0.3) is 11.4 Å². The van der Waals surface area contributed by atoms with Crippen molar-refractivity contribution in [3.8, 4) is 11.4 Å². The smallest absolute Gasteiger partial charge is 0.227 e. The van der Waals surface area contributed by atoms with Crippen molar-refractivity contribution >= 4 is 17.2 Å². The molecular formula is C18H18FN3O2S. The second-order valence-corrected chi connectivity index (χ2v) is 6.80. The lowest BCUT2D eigenvalue weighted by molar-refractivity contribution is -0.130. The van der Waals surface area contributed by atoms with Crippen LogP contribution >= 0.6 is 11.3 Å². The van der Waals surface area contributed by atoms with Gasteiger partial charge in [-0.15, -0.1) is 11.3 Å². The van der Waals surface area contributed by atoms with E-state index >= 15 is 0 Å². The van der Waals surface area contributed by atoms with E-state index in [-0.39, 0.29) is 11.7 Å². The number of carbonyl (C=O) groups excluding carboxylic acids is 1. The molecule has 1 aromatic carbocycles. The molecule has 0 radical (unpaired) electrons. The Morgan fingerprint density at radius 3 is 2.72 bits per heavy atom. The molecule has 2 heterocycles. The van der Waals surface area contributed by atoms with Gasteiger partial charge in [-0.05, 0) is 48.2 Å². The molecule has 0 unspecified atom stereocenters. The fraction of sp³-hybridized carbons (Fsp3) is 0.278. The van der Waals surface area contributed by atoms with Crippen molar-refractivity contribution in [1.82, 2.24) is 15.0 Å². The van der Waals surface area contributed by atoms with Crippen molar-refractivity contribution in [3.63, 3.8) is 0 Å². The van der Waals surface area contributed by atoms with Crippen molar-refractivity contribution in [2.45, 2.75) is 26.3 Å². The van der Waals surface area contributed by atoms with Gasteiger partial charge in [0.2, 0.25) is 17.6 Å². The van der Waals surface area contributed by atoms with Gasteiger partial charge in [-0.25, -0.2) is 4.39 Å². The maximum atomic E-state index is 12.9. The molecule has 25 heavy (non-hydrogen) atoms. The van der Waals surface area contributed by atoms with E-state index in [9.17, 15) is 9.18 Å². The summed E-state index contributed by atoms with van der Waals surface area (Å²) in [5.74, 6) is 0.495. The Hall–Kier alpha value is -2.54. The van der Waals surface area contributed by atoms with Gasteiger partial charge < -0.3 is 9.42 Å². The minimum absolute atomic E-state index is 0.0225. The molecule has 0 aliphatic heterocycles. The number of aryl methyl sites for hydroxylation is 2. The van der Waals surface area contributed by atoms with Crippen LogP contribution in [0.2, 0.25) is 0 Å². The molecule has 0 spiro atoms. The average Bonchev–Trinajstić information content (AvgIpc) is 3.23. The summed E-state index contributed by atoms with van der Waals surface area (Å²) in [6.45, 7) is 2.65. The Bertz CT molecular complexity index is 857. The number of thiophene rings is 1. The zero-order chi connectivity index (χ0) is 17.8. The quantitative estimate of drug-likeness (QED) is 0.671. The number of aromatic nitrogens is 2. The SMILES string of the molecule is Cc1ccsc1CN(C)C(=O)CCc1nc(-c2ccc(F)cc2)no1. The number of rotatable bonds is 6. The normalized spacial score (nSPS) is 10.8. The second-order valence-electron chi connectivity index (χ2n) is 5.80. The minimum Gasteiger partial charge on any atom is -0.341 e. The number of benzene rings is 1. The summed E-state index contributed by atoms with van der Waals surface area (Å²) in [6.07, 6.45) is 0.673. The van der Waals surface area contributed by atoms with E-state index in [0.717, 1.165) is 0 Å². The van der Waals surface area contributed by atoms with Crippen LogP contribution in [0.1, 0.15) is 22.8 Å². The molecule has 2 aromatic heterocycles. The molecule has 0 bridgehead atoms. The Kier molecular flexibility index (Phi) is 5.23. The van der Waals surface area contributed by atoms with E-state index in [2.05, 4.69) is 10.1 Å². The summed E-state index contributed by atoms with van der Waals surface area (Å²) in [4.78, 5) is 19.4. The summed E-state index contributed by atoms with van der Waals surface area (Å²) in [6, 6.07) is 7.92. The minimum atomic E-state index is -0.318. The summed E-state index contributed by atoms with van der Waals surface area (Å²) in [5, 5.41) is 5.91. The summed E-state index contributed by atoms with van der Waals surface area (Å²) in [7, 11) is 1.79. The monoisotopic (exact) mass is 359 g/mol. The van der Waals surface area contributed by atoms with Crippen LogP contribution in [-0.2, 0) is 17.8 Å². The Morgan fingerprint density at radius 2 is 2.04 bits per heavy atom. The van der Waals surface area contributed by atoms with Crippen LogP contribution in [-0.4, -0.2) is 28.0 Å². The van der Waals surface area contributed by atoms with Gasteiger partial charge in [-0.2, -0.15) is 4.98 Å². The molecular weight excluding hydrogens is 341 g/mol. The third-order valence-electron chi connectivity index (χ3n) is 3.90. The molecule has 0 atom stereocenters. The molecule has 3 aromatic rings. The highest BCUT2D eigenvalue weighted by Gasteiger charge is 2.14. The fourth-order valence-electron chi connectivity index (χ4n) is 2.35. The van der Waals surface area contributed by atoms with Crippen LogP contribution in [0, 0.1) is 12.7 Å². The third kappa shape index (κ3) is 4.30. The topological polar surface area (TPSA) is 59.2 Å². The second kappa shape index (κ2) is 7.57. The zero-order valence-electron chi connectivity index (χ0n) is 14.0. The largest absolute Gasteiger partial charge is 0.341 e. The standard InChI is InChI=1S/C18H18FN3O2S/c1-12-9-10-25-15(12)11-22(2)17(23)8-7-16-20-18(21-24-16)13-3-5-14(19)6-4-13/h3-6,9-10H,7-8,11H2,1-2H3. The molecule has 0 aliphatic carbocycles. The lowest BCUT2D eigenvalue weighted by Gasteiger charge is -2.16. The van der Waals surface area contributed by atoms with Crippen LogP contribution in [0.4, 0.5) is 4.39 Å². The first kappa shape index (κ1) is 17.3. The van der Waals surface area contributed by atoms with E-state index in [0.29, 0.717) is 36.7 Å². The predicted octanol–water partition coefficient (Wildman–Crippen LogP) is 3.84. The van der Waals surface area contributed by atoms with Crippen molar-refractivity contribution in [2.75, 3.05) is 7.05 Å². The number of nitrogens with zero attached hydrogens (tertiary/aromatic N) is 3. The van der Waals surface area contributed by atoms with Crippen molar-refractivity contribution in [1.29, 1.82) is 0 Å². The van der Waals surface area contributed by atoms with E-state index in [4.69, 9.17) is 4.52 Å². The third-order valence-corrected chi connectivity index (χ3v) is 4.91. The van der Waals surface area contributed by atoms with E-state index in [1.54, 1.807) is 35.4 Å². The number of hydrogen-bond donors (Lipinski definition) is 0. The van der Waals surface area contributed by atoms with E-state index < -0.39 is 0 Å². The molecule has 0 aliphatic rings. The molecule has 0 saturated heterocycles. The van der Waals surface area contributed by atoms with Crippen LogP contribution in [0.3, 0.4) is 0 Å². The molecule has 0 saturated carbocycles. The molecule has 0 fully saturated rings. The van der Waals surface area contributed by atoms with E-state index in [1.807, 2.05) is 18.4 Å². The first-order chi connectivity index (χ1) is 12.0. The average molecular weight is 359 g/mol. The Labute approximate surface area is 149 Å². The van der Waals surface area contributed by atoms with Crippen LogP contribution in [0.5, 0.6) is 0 Å². The first-order valence-electron chi connectivity index (χ1n) is 7.88. The summed E-state index contributed by atoms with van der Waals surface area (Å²) in [5.41, 5.74) is 1.87. The fourth-order valence-corrected chi connectivity index (χ4v) is 3.31. The van der Waals surface area contributed by atoms with Gasteiger partial charge in [-0.3, -0.25) is 4.79 Å². The molecule has 3 rings (SSSR count). The van der Waals surface area contributed by atoms with Gasteiger partial charge in [0, 0.05) is 30.3 Å². The number of amides is 1. The van der Waals surface area contributed by atoms with Crippen LogP contribution in [0.15, 0.2) is 40.2 Å². The Morgan fingerprint density at radius 1 is 1.28 bits per heavy atom. The van der Waals surface area contributed by atoms with Crippen LogP contribution < -0.4 is 0 Å². The van der Waals surface area contributed by atoms with E-state index in [1.165, 1.54) is 22.6 Å². The highest BCUT2D eigenvalue weighted by atomic mass is 32.1. The molecule has 1 amide bonds. The Balaban J connectivity index is 1.55. The number of carbonyl (C=O) groups is 1. The lowest BCUT2D eigenvalue weighted by atomic mass is 10.2. The highest BCUT2D eigenvalue weighted by molar-refractivity contribution is 7.10. The maximum Gasteiger partial charge on any atom is 0.227 e. The van der Waals surface area contributed by atoms with Gasteiger partial charge >= 0.3 is 0 Å². The van der Waals surface area contributed by atoms with Gasteiger partial charge in [0.25, 0.3) is 0 Å². The molecule has 0 N–H and O–H groups in total. The predicted molar refractivity (Wildman–Crippen MR) is 93.5 cm³/mol. The van der Waals surface area contributed by atoms with Crippen molar-refractivity contribution in [2.24, 2.45) is 0 Å². The zero-order valence-corrected chi connectivity index (χ0v) is 14.8. The summed E-state index contributed by atoms with van der Waals surface area (Å²) < 4.78 is 18.1. The molecule has 7 heteroatoms. The van der Waals surface area contributed by atoms with Crippen molar-refractivity contribution in [3.05, 3.63) is 57.9 Å². The van der Waals surface area contributed by atoms with Crippen molar-refractivity contribution < 1.29 is 13.7 Å². The van der Waals surface area contributed by atoms with Gasteiger partial charge in [0.05, 0.1) is 6.54 Å².